The molecule has 0 aliphatic rings. The van der Waals surface area contributed by atoms with E-state index >= 15 is 0 Å². The van der Waals surface area contributed by atoms with Crippen LogP contribution >= 0.6 is 0 Å². The van der Waals surface area contributed by atoms with Crippen LogP contribution in [-0.4, -0.2) is 33.1 Å². The Labute approximate surface area is 116 Å². The lowest BCUT2D eigenvalue weighted by molar-refractivity contribution is -0.120. The highest BCUT2D eigenvalue weighted by molar-refractivity contribution is 5.76. The predicted molar refractivity (Wildman–Crippen MR) is 80.4 cm³/mol. The minimum absolute atomic E-state index is 0.0761. The minimum Gasteiger partial charge on any atom is -0.374 e. The SMILES string of the molecule is CCCNCc1ccc(N(C)CCC(=O)NC)cc1. The molecule has 106 valence electrons. The first kappa shape index (κ1) is 15.5. The first-order valence-electron chi connectivity index (χ1n) is 6.88. The number of nitrogens with zero attached hydrogens (tertiary/aromatic N) is 1. The number of benzene rings is 1. The molecular weight excluding hydrogens is 238 g/mol. The number of carbonyl (C=O) groups is 1. The molecule has 0 aliphatic heterocycles. The normalized spacial score (nSPS) is 10.3. The molecule has 0 saturated heterocycles. The van der Waals surface area contributed by atoms with Crippen molar-refractivity contribution < 1.29 is 4.79 Å². The molecule has 0 radical (unpaired) electrons. The number of rotatable bonds is 8. The van der Waals surface area contributed by atoms with Gasteiger partial charge in [0.2, 0.25) is 5.91 Å². The van der Waals surface area contributed by atoms with Crippen LogP contribution in [0.2, 0.25) is 0 Å². The predicted octanol–water partition coefficient (Wildman–Crippen LogP) is 1.76. The van der Waals surface area contributed by atoms with Crippen LogP contribution in [0.4, 0.5) is 5.69 Å². The monoisotopic (exact) mass is 263 g/mol. The Hall–Kier alpha value is -1.55. The highest BCUT2D eigenvalue weighted by Gasteiger charge is 2.04. The van der Waals surface area contributed by atoms with Crippen LogP contribution in [0.1, 0.15) is 25.3 Å². The fourth-order valence-electron chi connectivity index (χ4n) is 1.80. The van der Waals surface area contributed by atoms with Crippen LogP contribution in [-0.2, 0) is 11.3 Å². The van der Waals surface area contributed by atoms with Gasteiger partial charge in [-0.25, -0.2) is 0 Å². The summed E-state index contributed by atoms with van der Waals surface area (Å²) in [7, 11) is 3.67. The van der Waals surface area contributed by atoms with Gasteiger partial charge in [-0.05, 0) is 30.7 Å². The number of amides is 1. The highest BCUT2D eigenvalue weighted by atomic mass is 16.1. The Balaban J connectivity index is 2.43. The summed E-state index contributed by atoms with van der Waals surface area (Å²) in [6, 6.07) is 8.47. The molecular formula is C15H25N3O. The van der Waals surface area contributed by atoms with Gasteiger partial charge in [-0.3, -0.25) is 4.79 Å². The molecule has 1 rings (SSSR count). The molecule has 1 aromatic rings. The van der Waals surface area contributed by atoms with Crippen LogP contribution in [0.15, 0.2) is 24.3 Å². The lowest BCUT2D eigenvalue weighted by Gasteiger charge is -2.19. The summed E-state index contributed by atoms with van der Waals surface area (Å²) in [5.74, 6) is 0.0761. The van der Waals surface area contributed by atoms with Crippen LogP contribution < -0.4 is 15.5 Å². The smallest absolute Gasteiger partial charge is 0.221 e. The Morgan fingerprint density at radius 3 is 2.53 bits per heavy atom. The summed E-state index contributed by atoms with van der Waals surface area (Å²) >= 11 is 0. The molecule has 1 amide bonds. The third kappa shape index (κ3) is 5.75. The van der Waals surface area contributed by atoms with E-state index < -0.39 is 0 Å². The fraction of sp³-hybridized carbons (Fsp3) is 0.533. The lowest BCUT2D eigenvalue weighted by Crippen LogP contribution is -2.26. The summed E-state index contributed by atoms with van der Waals surface area (Å²) in [6.07, 6.45) is 1.67. The van der Waals surface area contributed by atoms with Crippen LogP contribution in [0, 0.1) is 0 Å². The quantitative estimate of drug-likeness (QED) is 0.702. The van der Waals surface area contributed by atoms with E-state index in [9.17, 15) is 4.79 Å². The Morgan fingerprint density at radius 1 is 1.26 bits per heavy atom. The Kier molecular flexibility index (Phi) is 6.97. The first-order chi connectivity index (χ1) is 9.17. The average molecular weight is 263 g/mol. The number of anilines is 1. The summed E-state index contributed by atoms with van der Waals surface area (Å²) in [5.41, 5.74) is 2.43. The lowest BCUT2D eigenvalue weighted by atomic mass is 10.2. The first-order valence-corrected chi connectivity index (χ1v) is 6.88. The molecule has 0 saturated carbocycles. The molecule has 4 heteroatoms. The summed E-state index contributed by atoms with van der Waals surface area (Å²) in [4.78, 5) is 13.3. The second kappa shape index (κ2) is 8.53. The molecule has 1 aromatic carbocycles. The summed E-state index contributed by atoms with van der Waals surface area (Å²) < 4.78 is 0. The van der Waals surface area contributed by atoms with Crippen molar-refractivity contribution in [1.82, 2.24) is 10.6 Å². The molecule has 2 N–H and O–H groups in total. The van der Waals surface area contributed by atoms with Gasteiger partial charge >= 0.3 is 0 Å². The van der Waals surface area contributed by atoms with Gasteiger partial charge in [-0.15, -0.1) is 0 Å². The number of nitrogens with one attached hydrogen (secondary N) is 2. The average Bonchev–Trinajstić information content (AvgIpc) is 2.45. The van der Waals surface area contributed by atoms with Crippen molar-refractivity contribution in [2.75, 3.05) is 32.1 Å². The fourth-order valence-corrected chi connectivity index (χ4v) is 1.80. The van der Waals surface area contributed by atoms with Crippen molar-refractivity contribution in [3.63, 3.8) is 0 Å². The number of hydrogen-bond donors (Lipinski definition) is 2. The Bertz CT molecular complexity index is 375. The van der Waals surface area contributed by atoms with Crippen molar-refractivity contribution in [1.29, 1.82) is 0 Å². The maximum Gasteiger partial charge on any atom is 0.221 e. The molecule has 19 heavy (non-hydrogen) atoms. The largest absolute Gasteiger partial charge is 0.374 e. The maximum atomic E-state index is 11.2. The van der Waals surface area contributed by atoms with Gasteiger partial charge in [0.25, 0.3) is 0 Å². The van der Waals surface area contributed by atoms with Crippen molar-refractivity contribution >= 4 is 11.6 Å². The van der Waals surface area contributed by atoms with E-state index in [4.69, 9.17) is 0 Å². The van der Waals surface area contributed by atoms with Crippen LogP contribution in [0.3, 0.4) is 0 Å². The number of carbonyl (C=O) groups excluding carboxylic acids is 1. The van der Waals surface area contributed by atoms with Gasteiger partial charge in [0.05, 0.1) is 0 Å². The zero-order valence-electron chi connectivity index (χ0n) is 12.2. The third-order valence-corrected chi connectivity index (χ3v) is 3.09. The molecule has 0 unspecified atom stereocenters. The van der Waals surface area contributed by atoms with Crippen molar-refractivity contribution in [3.05, 3.63) is 29.8 Å². The van der Waals surface area contributed by atoms with E-state index in [0.29, 0.717) is 6.42 Å². The van der Waals surface area contributed by atoms with Crippen LogP contribution in [0.5, 0.6) is 0 Å². The van der Waals surface area contributed by atoms with Gasteiger partial charge in [0.1, 0.15) is 0 Å². The second-order valence-corrected chi connectivity index (χ2v) is 4.69. The van der Waals surface area contributed by atoms with Gasteiger partial charge in [-0.1, -0.05) is 19.1 Å². The van der Waals surface area contributed by atoms with Crippen molar-refractivity contribution in [3.8, 4) is 0 Å². The summed E-state index contributed by atoms with van der Waals surface area (Å²) in [6.45, 7) is 4.86. The maximum absolute atomic E-state index is 11.2. The topological polar surface area (TPSA) is 44.4 Å². The second-order valence-electron chi connectivity index (χ2n) is 4.69. The molecule has 0 bridgehead atoms. The third-order valence-electron chi connectivity index (χ3n) is 3.09. The van der Waals surface area contributed by atoms with E-state index in [1.165, 1.54) is 5.56 Å². The molecule has 0 fully saturated rings. The van der Waals surface area contributed by atoms with E-state index in [0.717, 1.165) is 31.7 Å². The highest BCUT2D eigenvalue weighted by Crippen LogP contribution is 2.14. The molecule has 0 heterocycles. The van der Waals surface area contributed by atoms with Crippen LogP contribution in [0.25, 0.3) is 0 Å². The Morgan fingerprint density at radius 2 is 1.95 bits per heavy atom. The zero-order chi connectivity index (χ0) is 14.1. The molecule has 4 nitrogen and oxygen atoms in total. The zero-order valence-corrected chi connectivity index (χ0v) is 12.2. The van der Waals surface area contributed by atoms with E-state index in [1.807, 2.05) is 7.05 Å². The van der Waals surface area contributed by atoms with E-state index in [-0.39, 0.29) is 5.91 Å². The molecule has 0 spiro atoms. The van der Waals surface area contributed by atoms with Gasteiger partial charge < -0.3 is 15.5 Å². The minimum atomic E-state index is 0.0761. The van der Waals surface area contributed by atoms with Gasteiger partial charge in [0, 0.05) is 39.3 Å². The van der Waals surface area contributed by atoms with E-state index in [1.54, 1.807) is 7.05 Å². The summed E-state index contributed by atoms with van der Waals surface area (Å²) in [5, 5.41) is 6.02. The number of hydrogen-bond acceptors (Lipinski definition) is 3. The van der Waals surface area contributed by atoms with Crippen molar-refractivity contribution in [2.24, 2.45) is 0 Å². The molecule has 0 aromatic heterocycles. The van der Waals surface area contributed by atoms with E-state index in [2.05, 4.69) is 46.7 Å². The van der Waals surface area contributed by atoms with Gasteiger partial charge in [0.15, 0.2) is 0 Å². The van der Waals surface area contributed by atoms with Gasteiger partial charge in [-0.2, -0.15) is 0 Å². The molecule has 0 atom stereocenters. The standard InChI is InChI=1S/C15H25N3O/c1-4-10-17-12-13-5-7-14(8-6-13)18(3)11-9-15(19)16-2/h5-8,17H,4,9-12H2,1-3H3,(H,16,19). The molecule has 0 aliphatic carbocycles. The van der Waals surface area contributed by atoms with Crippen molar-refractivity contribution in [2.45, 2.75) is 26.3 Å².